The maximum absolute atomic E-state index is 13.3. The van der Waals surface area contributed by atoms with E-state index in [0.29, 0.717) is 19.3 Å². The smallest absolute Gasteiger partial charge is 0.305 e. The highest BCUT2D eigenvalue weighted by Crippen LogP contribution is 2.63. The zero-order chi connectivity index (χ0) is 21.8. The van der Waals surface area contributed by atoms with Crippen LogP contribution in [0.3, 0.4) is 0 Å². The van der Waals surface area contributed by atoms with Crippen molar-refractivity contribution < 1.29 is 28.7 Å². The lowest BCUT2D eigenvalue weighted by molar-refractivity contribution is -0.154. The summed E-state index contributed by atoms with van der Waals surface area (Å²) < 4.78 is 10.9. The van der Waals surface area contributed by atoms with Crippen molar-refractivity contribution in [1.29, 1.82) is 0 Å². The molecule has 0 saturated heterocycles. The van der Waals surface area contributed by atoms with E-state index in [4.69, 9.17) is 9.47 Å². The predicted octanol–water partition coefficient (Wildman–Crippen LogP) is 3.56. The molecule has 7 atom stereocenters. The Kier molecular flexibility index (Phi) is 5.18. The summed E-state index contributed by atoms with van der Waals surface area (Å²) >= 11 is 0. The zero-order valence-electron chi connectivity index (χ0n) is 18.4. The van der Waals surface area contributed by atoms with Crippen molar-refractivity contribution in [2.45, 2.75) is 84.8 Å². The van der Waals surface area contributed by atoms with Crippen molar-refractivity contribution in [1.82, 2.24) is 0 Å². The van der Waals surface area contributed by atoms with Gasteiger partial charge in [0, 0.05) is 31.1 Å². The van der Waals surface area contributed by atoms with Gasteiger partial charge < -0.3 is 9.47 Å². The summed E-state index contributed by atoms with van der Waals surface area (Å²) in [6.07, 6.45) is 5.52. The lowest BCUT2D eigenvalue weighted by Crippen LogP contribution is -2.53. The third-order valence-electron chi connectivity index (χ3n) is 8.51. The number of hydrogen-bond donors (Lipinski definition) is 0. The SMILES string of the molecule is CCC(=O)O[C@H]1CC[C@@]2(C)C(=CC(=O)[C@@H]3[C@@H]2CC[C@]2(C)C(=O)[C@@H](OC(C)=O)C[C@@H]32)C1. The third-order valence-corrected chi connectivity index (χ3v) is 8.51. The molecule has 30 heavy (non-hydrogen) atoms. The van der Waals surface area contributed by atoms with E-state index in [2.05, 4.69) is 6.92 Å². The second-order valence-electron chi connectivity index (χ2n) is 10.1. The Bertz CT molecular complexity index is 828. The first-order valence-corrected chi connectivity index (χ1v) is 11.3. The van der Waals surface area contributed by atoms with Crippen LogP contribution < -0.4 is 0 Å². The Labute approximate surface area is 177 Å². The van der Waals surface area contributed by atoms with E-state index < -0.39 is 17.5 Å². The minimum atomic E-state index is -0.730. The van der Waals surface area contributed by atoms with Crippen LogP contribution in [-0.4, -0.2) is 35.7 Å². The van der Waals surface area contributed by atoms with E-state index in [9.17, 15) is 19.2 Å². The van der Waals surface area contributed by atoms with Crippen molar-refractivity contribution in [2.24, 2.45) is 28.6 Å². The molecule has 6 nitrogen and oxygen atoms in total. The molecular weight excluding hydrogens is 384 g/mol. The average Bonchev–Trinajstić information content (AvgIpc) is 2.93. The quantitative estimate of drug-likeness (QED) is 0.654. The summed E-state index contributed by atoms with van der Waals surface area (Å²) in [6.45, 7) is 7.31. The summed E-state index contributed by atoms with van der Waals surface area (Å²) in [5.74, 6) is -0.710. The fourth-order valence-electron chi connectivity index (χ4n) is 6.82. The number of Topliss-reactive ketones (excluding diaryl/α,β-unsaturated/α-hetero) is 1. The van der Waals surface area contributed by atoms with Gasteiger partial charge in [0.25, 0.3) is 0 Å². The number of ketones is 2. The maximum Gasteiger partial charge on any atom is 0.305 e. The molecule has 4 rings (SSSR count). The molecule has 4 aliphatic rings. The highest BCUT2D eigenvalue weighted by Gasteiger charge is 2.64. The van der Waals surface area contributed by atoms with E-state index in [-0.39, 0.29) is 46.8 Å². The maximum atomic E-state index is 13.3. The van der Waals surface area contributed by atoms with Gasteiger partial charge in [-0.1, -0.05) is 26.3 Å². The molecule has 4 aliphatic carbocycles. The molecule has 0 N–H and O–H groups in total. The van der Waals surface area contributed by atoms with Gasteiger partial charge in [-0.2, -0.15) is 0 Å². The van der Waals surface area contributed by atoms with Crippen LogP contribution in [0, 0.1) is 28.6 Å². The topological polar surface area (TPSA) is 86.7 Å². The Balaban J connectivity index is 1.62. The normalized spacial score (nSPS) is 42.5. The van der Waals surface area contributed by atoms with Crippen LogP contribution in [0.25, 0.3) is 0 Å². The molecule has 3 fully saturated rings. The molecule has 0 heterocycles. The first-order valence-electron chi connectivity index (χ1n) is 11.3. The highest BCUT2D eigenvalue weighted by molar-refractivity contribution is 5.98. The molecule has 0 aliphatic heterocycles. The van der Waals surface area contributed by atoms with Crippen LogP contribution in [0.1, 0.15) is 72.6 Å². The van der Waals surface area contributed by atoms with Crippen molar-refractivity contribution in [2.75, 3.05) is 0 Å². The minimum Gasteiger partial charge on any atom is -0.462 e. The number of hydrogen-bond acceptors (Lipinski definition) is 6. The van der Waals surface area contributed by atoms with Gasteiger partial charge in [0.2, 0.25) is 0 Å². The Morgan fingerprint density at radius 3 is 2.43 bits per heavy atom. The molecule has 3 saturated carbocycles. The molecule has 0 aromatic heterocycles. The van der Waals surface area contributed by atoms with Gasteiger partial charge in [-0.25, -0.2) is 0 Å². The largest absolute Gasteiger partial charge is 0.462 e. The second kappa shape index (κ2) is 7.31. The van der Waals surface area contributed by atoms with Gasteiger partial charge in [-0.05, 0) is 55.4 Å². The number of ether oxygens (including phenoxy) is 2. The molecule has 0 spiro atoms. The monoisotopic (exact) mass is 416 g/mol. The van der Waals surface area contributed by atoms with Crippen LogP contribution >= 0.6 is 0 Å². The Hall–Kier alpha value is -1.98. The number of allylic oxidation sites excluding steroid dienone is 1. The molecular formula is C24H32O6. The van der Waals surface area contributed by atoms with Crippen LogP contribution in [0.5, 0.6) is 0 Å². The van der Waals surface area contributed by atoms with E-state index in [1.54, 1.807) is 13.0 Å². The van der Waals surface area contributed by atoms with E-state index in [0.717, 1.165) is 31.3 Å². The van der Waals surface area contributed by atoms with E-state index >= 15 is 0 Å². The molecule has 0 amide bonds. The number of carbonyl (C=O) groups excluding carboxylic acids is 4. The molecule has 0 bridgehead atoms. The van der Waals surface area contributed by atoms with E-state index in [1.165, 1.54) is 6.92 Å². The average molecular weight is 417 g/mol. The predicted molar refractivity (Wildman–Crippen MR) is 108 cm³/mol. The zero-order valence-corrected chi connectivity index (χ0v) is 18.4. The summed E-state index contributed by atoms with van der Waals surface area (Å²) in [4.78, 5) is 49.6. The lowest BCUT2D eigenvalue weighted by atomic mass is 9.48. The van der Waals surface area contributed by atoms with E-state index in [1.807, 2.05) is 6.92 Å². The van der Waals surface area contributed by atoms with Gasteiger partial charge in [-0.15, -0.1) is 0 Å². The molecule has 0 unspecified atom stereocenters. The summed E-state index contributed by atoms with van der Waals surface area (Å²) in [6, 6.07) is 0. The number of carbonyl (C=O) groups is 4. The molecule has 6 heteroatoms. The third kappa shape index (κ3) is 3.14. The van der Waals surface area contributed by atoms with Crippen LogP contribution in [0.15, 0.2) is 11.6 Å². The Morgan fingerprint density at radius 2 is 1.77 bits per heavy atom. The fraction of sp³-hybridized carbons (Fsp3) is 0.750. The van der Waals surface area contributed by atoms with Gasteiger partial charge in [0.15, 0.2) is 17.7 Å². The molecule has 0 aromatic carbocycles. The summed E-state index contributed by atoms with van der Waals surface area (Å²) in [7, 11) is 0. The molecule has 0 radical (unpaired) electrons. The standard InChI is InChI=1S/C24H32O6/c1-5-20(27)30-15-6-8-23(3)14(10-15)11-18(26)21-16(23)7-9-24(4)17(21)12-19(22(24)28)29-13(2)25/h11,15-17,19,21H,5-10,12H2,1-4H3/t15-,16-,17-,19-,21+,23-,24-/m0/s1. The van der Waals surface area contributed by atoms with Crippen molar-refractivity contribution in [3.63, 3.8) is 0 Å². The number of fused-ring (bicyclic) bond motifs is 5. The van der Waals surface area contributed by atoms with Crippen molar-refractivity contribution >= 4 is 23.5 Å². The first-order chi connectivity index (χ1) is 14.1. The molecule has 0 aromatic rings. The summed E-state index contributed by atoms with van der Waals surface area (Å²) in [5, 5.41) is 0. The number of rotatable bonds is 3. The van der Waals surface area contributed by atoms with Gasteiger partial charge in [0.1, 0.15) is 6.10 Å². The molecule has 164 valence electrons. The van der Waals surface area contributed by atoms with Crippen molar-refractivity contribution in [3.8, 4) is 0 Å². The van der Waals surface area contributed by atoms with Gasteiger partial charge in [-0.3, -0.25) is 19.2 Å². The van der Waals surface area contributed by atoms with Crippen LogP contribution in [0.2, 0.25) is 0 Å². The van der Waals surface area contributed by atoms with Gasteiger partial charge in [0.05, 0.1) is 0 Å². The first kappa shape index (κ1) is 21.3. The highest BCUT2D eigenvalue weighted by atomic mass is 16.5. The second-order valence-corrected chi connectivity index (χ2v) is 10.1. The lowest BCUT2D eigenvalue weighted by Gasteiger charge is -2.55. The Morgan fingerprint density at radius 1 is 1.07 bits per heavy atom. The van der Waals surface area contributed by atoms with Gasteiger partial charge >= 0.3 is 11.9 Å². The van der Waals surface area contributed by atoms with Crippen molar-refractivity contribution in [3.05, 3.63) is 11.6 Å². The van der Waals surface area contributed by atoms with Crippen LogP contribution in [0.4, 0.5) is 0 Å². The van der Waals surface area contributed by atoms with Crippen LogP contribution in [-0.2, 0) is 28.7 Å². The minimum absolute atomic E-state index is 0.0240. The number of esters is 2. The fourth-order valence-corrected chi connectivity index (χ4v) is 6.82. The summed E-state index contributed by atoms with van der Waals surface area (Å²) in [5.41, 5.74) is 0.378.